The molecule has 1 atom stereocenters. The van der Waals surface area contributed by atoms with Gasteiger partial charge in [-0.2, -0.15) is 9.10 Å². The van der Waals surface area contributed by atoms with Gasteiger partial charge in [0.2, 0.25) is 15.8 Å². The topological polar surface area (TPSA) is 181 Å². The van der Waals surface area contributed by atoms with Gasteiger partial charge in [-0.05, 0) is 98.1 Å². The molecule has 4 aromatic carbocycles. The number of ether oxygens (including phenoxy) is 4. The number of benzene rings is 4. The van der Waals surface area contributed by atoms with Crippen LogP contribution in [0, 0.1) is 0 Å². The van der Waals surface area contributed by atoms with E-state index in [1.807, 2.05) is 12.1 Å². The minimum absolute atomic E-state index is 0.0752. The molecule has 298 valence electrons. The van der Waals surface area contributed by atoms with E-state index in [0.29, 0.717) is 28.4 Å². The Kier molecular flexibility index (Phi) is 13.0. The van der Waals surface area contributed by atoms with Gasteiger partial charge in [0.15, 0.2) is 9.84 Å². The van der Waals surface area contributed by atoms with Gasteiger partial charge in [-0.3, -0.25) is 0 Å². The molecule has 1 amide bonds. The molecular weight excluding hydrogens is 761 g/mol. The SMILES string of the molecule is COc1ccc(CN(Cc2ccc(OC)cc2)S(=O)(=O)c2c(-c3nnn(Cc4ccc(OC)cc4)n3)cccc2S(=O)(=O)[C@H](C)CNC(=O)OC(C)(C)C)cc1. The zero-order valence-electron chi connectivity index (χ0n) is 32.3. The van der Waals surface area contributed by atoms with Crippen molar-refractivity contribution in [3.63, 3.8) is 0 Å². The molecule has 56 heavy (non-hydrogen) atoms. The van der Waals surface area contributed by atoms with Crippen molar-refractivity contribution in [3.05, 3.63) is 108 Å². The maximum absolute atomic E-state index is 15.3. The molecule has 0 fully saturated rings. The average molecular weight is 807 g/mol. The Labute approximate surface area is 327 Å². The van der Waals surface area contributed by atoms with Gasteiger partial charge in [0.25, 0.3) is 0 Å². The highest BCUT2D eigenvalue weighted by atomic mass is 32.2. The highest BCUT2D eigenvalue weighted by molar-refractivity contribution is 7.94. The van der Waals surface area contributed by atoms with Crippen LogP contribution in [0.2, 0.25) is 0 Å². The first-order valence-electron chi connectivity index (χ1n) is 17.5. The Morgan fingerprint density at radius 2 is 1.27 bits per heavy atom. The Morgan fingerprint density at radius 1 is 0.768 bits per heavy atom. The summed E-state index contributed by atoms with van der Waals surface area (Å²) in [6.45, 7) is 5.97. The van der Waals surface area contributed by atoms with E-state index in [1.165, 1.54) is 48.4 Å². The molecule has 0 radical (unpaired) electrons. The van der Waals surface area contributed by atoms with E-state index in [1.54, 1.807) is 88.5 Å². The lowest BCUT2D eigenvalue weighted by Crippen LogP contribution is -2.39. The normalized spacial score (nSPS) is 12.6. The molecule has 0 aliphatic carbocycles. The van der Waals surface area contributed by atoms with Crippen LogP contribution in [0.15, 0.2) is 101 Å². The maximum Gasteiger partial charge on any atom is 0.407 e. The fourth-order valence-corrected chi connectivity index (χ4v) is 9.28. The number of tetrazole rings is 1. The molecule has 5 aromatic rings. The van der Waals surface area contributed by atoms with Crippen LogP contribution in [0.4, 0.5) is 4.79 Å². The third kappa shape index (κ3) is 10.2. The molecule has 1 N–H and O–H groups in total. The number of amides is 1. The lowest BCUT2D eigenvalue weighted by atomic mass is 10.2. The highest BCUT2D eigenvalue weighted by Crippen LogP contribution is 2.36. The molecule has 0 saturated carbocycles. The van der Waals surface area contributed by atoms with Gasteiger partial charge in [0, 0.05) is 25.2 Å². The number of sulfone groups is 1. The number of sulfonamides is 1. The molecule has 0 saturated heterocycles. The van der Waals surface area contributed by atoms with Gasteiger partial charge in [0.05, 0.1) is 38.0 Å². The molecule has 0 aliphatic rings. The van der Waals surface area contributed by atoms with E-state index in [0.717, 1.165) is 5.56 Å². The summed E-state index contributed by atoms with van der Waals surface area (Å²) in [6.07, 6.45) is -0.816. The van der Waals surface area contributed by atoms with Gasteiger partial charge in [-0.1, -0.05) is 42.5 Å². The second-order valence-electron chi connectivity index (χ2n) is 13.8. The van der Waals surface area contributed by atoms with Crippen LogP contribution >= 0.6 is 0 Å². The summed E-state index contributed by atoms with van der Waals surface area (Å²) in [5.74, 6) is 1.71. The molecule has 5 rings (SSSR count). The number of methoxy groups -OCH3 is 3. The zero-order valence-corrected chi connectivity index (χ0v) is 33.9. The predicted octanol–water partition coefficient (Wildman–Crippen LogP) is 5.49. The van der Waals surface area contributed by atoms with Crippen LogP contribution < -0.4 is 19.5 Å². The van der Waals surface area contributed by atoms with Crippen LogP contribution in [-0.2, 0) is 44.2 Å². The average Bonchev–Trinajstić information content (AvgIpc) is 3.64. The van der Waals surface area contributed by atoms with E-state index in [4.69, 9.17) is 18.9 Å². The van der Waals surface area contributed by atoms with Gasteiger partial charge in [0.1, 0.15) is 27.7 Å². The largest absolute Gasteiger partial charge is 0.497 e. The number of carbonyl (C=O) groups excluding carboxylic acids is 1. The first-order valence-corrected chi connectivity index (χ1v) is 20.5. The fraction of sp³-hybridized carbons (Fsp3) is 0.333. The van der Waals surface area contributed by atoms with Gasteiger partial charge >= 0.3 is 6.09 Å². The fourth-order valence-electron chi connectivity index (χ4n) is 5.59. The van der Waals surface area contributed by atoms with E-state index in [-0.39, 0.29) is 37.6 Å². The summed E-state index contributed by atoms with van der Waals surface area (Å²) in [5, 5.41) is 14.1. The Morgan fingerprint density at radius 3 is 1.75 bits per heavy atom. The van der Waals surface area contributed by atoms with Gasteiger partial charge in [-0.15, -0.1) is 10.2 Å². The minimum Gasteiger partial charge on any atom is -0.497 e. The third-order valence-corrected chi connectivity index (χ3v) is 12.8. The van der Waals surface area contributed by atoms with Crippen molar-refractivity contribution in [2.75, 3.05) is 27.9 Å². The number of aromatic nitrogens is 4. The molecular formula is C39H46N6O9S2. The van der Waals surface area contributed by atoms with Gasteiger partial charge < -0.3 is 24.3 Å². The number of hydrogen-bond acceptors (Lipinski definition) is 12. The zero-order chi connectivity index (χ0) is 40.7. The number of alkyl carbamates (subject to hydrolysis) is 1. The van der Waals surface area contributed by atoms with Crippen molar-refractivity contribution in [2.45, 2.75) is 68.0 Å². The third-order valence-electron chi connectivity index (χ3n) is 8.56. The van der Waals surface area contributed by atoms with Gasteiger partial charge in [-0.25, -0.2) is 21.6 Å². The first kappa shape index (κ1) is 41.6. The van der Waals surface area contributed by atoms with Crippen LogP contribution in [-0.4, -0.2) is 86.2 Å². The summed E-state index contributed by atoms with van der Waals surface area (Å²) in [6, 6.07) is 25.1. The number of carbonyl (C=O) groups is 1. The van der Waals surface area contributed by atoms with Crippen LogP contribution in [0.25, 0.3) is 11.4 Å². The number of nitrogens with zero attached hydrogens (tertiary/aromatic N) is 5. The predicted molar refractivity (Wildman–Crippen MR) is 209 cm³/mol. The van der Waals surface area contributed by atoms with E-state index in [2.05, 4.69) is 20.7 Å². The van der Waals surface area contributed by atoms with E-state index in [9.17, 15) is 13.2 Å². The quantitative estimate of drug-likeness (QED) is 0.133. The molecule has 15 nitrogen and oxygen atoms in total. The molecule has 1 heterocycles. The molecule has 0 spiro atoms. The van der Waals surface area contributed by atoms with Crippen molar-refractivity contribution < 1.29 is 40.6 Å². The number of nitrogens with one attached hydrogen (secondary N) is 1. The van der Waals surface area contributed by atoms with E-state index < -0.39 is 46.6 Å². The standard InChI is InChI=1S/C39H46N6O9S2/c1-27(23-40-38(46)54-39(2,3)4)55(47,48)35-10-8-9-34(37-41-43-45(42-37)26-30-15-21-33(53-7)22-16-30)36(35)56(49,50)44(24-28-11-17-31(51-5)18-12-28)25-29-13-19-32(52-6)20-14-29/h8-22,27H,23-26H2,1-7H3,(H,40,46)/t27-/m1/s1. The summed E-state index contributed by atoms with van der Waals surface area (Å²) >= 11 is 0. The van der Waals surface area contributed by atoms with Crippen molar-refractivity contribution >= 4 is 26.0 Å². The second kappa shape index (κ2) is 17.5. The second-order valence-corrected chi connectivity index (χ2v) is 18.0. The Hall–Kier alpha value is -5.52. The first-order chi connectivity index (χ1) is 26.5. The summed E-state index contributed by atoms with van der Waals surface area (Å²) in [5.41, 5.74) is 1.15. The van der Waals surface area contributed by atoms with Crippen LogP contribution in [0.5, 0.6) is 17.2 Å². The van der Waals surface area contributed by atoms with Crippen molar-refractivity contribution in [1.82, 2.24) is 29.8 Å². The maximum atomic E-state index is 15.3. The molecule has 0 unspecified atom stereocenters. The summed E-state index contributed by atoms with van der Waals surface area (Å²) < 4.78 is 81.9. The molecule has 0 bridgehead atoms. The smallest absolute Gasteiger partial charge is 0.407 e. The van der Waals surface area contributed by atoms with Crippen LogP contribution in [0.1, 0.15) is 44.4 Å². The van der Waals surface area contributed by atoms with E-state index >= 15 is 8.42 Å². The van der Waals surface area contributed by atoms with Crippen molar-refractivity contribution in [2.24, 2.45) is 0 Å². The Bertz CT molecular complexity index is 2280. The molecule has 17 heteroatoms. The minimum atomic E-state index is -4.72. The number of hydrogen-bond donors (Lipinski definition) is 1. The highest BCUT2D eigenvalue weighted by Gasteiger charge is 2.38. The lowest BCUT2D eigenvalue weighted by molar-refractivity contribution is 0.0528. The molecule has 0 aliphatic heterocycles. The summed E-state index contributed by atoms with van der Waals surface area (Å²) in [4.78, 5) is 12.8. The monoisotopic (exact) mass is 806 g/mol. The van der Waals surface area contributed by atoms with Crippen LogP contribution in [0.3, 0.4) is 0 Å². The van der Waals surface area contributed by atoms with Crippen molar-refractivity contribution in [3.8, 4) is 28.6 Å². The lowest BCUT2D eigenvalue weighted by Gasteiger charge is -2.26. The van der Waals surface area contributed by atoms with Crippen molar-refractivity contribution in [1.29, 1.82) is 0 Å². The number of rotatable bonds is 16. The molecule has 1 aromatic heterocycles. The Balaban J connectivity index is 1.63. The summed E-state index contributed by atoms with van der Waals surface area (Å²) in [7, 11) is -4.57.